The van der Waals surface area contributed by atoms with Gasteiger partial charge < -0.3 is 14.2 Å². The Balaban J connectivity index is 4.36. The molecular formula is C59H104O6. The van der Waals surface area contributed by atoms with Crippen molar-refractivity contribution in [1.82, 2.24) is 0 Å². The molecule has 0 N–H and O–H groups in total. The van der Waals surface area contributed by atoms with Crippen molar-refractivity contribution < 1.29 is 28.6 Å². The number of rotatable bonds is 50. The van der Waals surface area contributed by atoms with Crippen LogP contribution >= 0.6 is 0 Å². The summed E-state index contributed by atoms with van der Waals surface area (Å²) in [6.07, 6.45) is 66.3. The Morgan fingerprint density at radius 3 is 1.06 bits per heavy atom. The molecule has 0 aliphatic heterocycles. The summed E-state index contributed by atoms with van der Waals surface area (Å²) < 4.78 is 16.8. The van der Waals surface area contributed by atoms with E-state index in [-0.39, 0.29) is 31.1 Å². The zero-order valence-corrected chi connectivity index (χ0v) is 43.0. The Labute approximate surface area is 402 Å². The van der Waals surface area contributed by atoms with E-state index < -0.39 is 6.10 Å². The SMILES string of the molecule is CC/C=C\C/C=C\C/C=C\CCCCCCC(=O)OC(COC(=O)CCCCCCCCCCCC/C=C\C=C/CCCCC)COC(=O)CCCCCCCCCCCCCCCC. The highest BCUT2D eigenvalue weighted by atomic mass is 16.6. The predicted octanol–water partition coefficient (Wildman–Crippen LogP) is 18.4. The topological polar surface area (TPSA) is 78.9 Å². The van der Waals surface area contributed by atoms with E-state index in [1.54, 1.807) is 0 Å². The van der Waals surface area contributed by atoms with Crippen LogP contribution in [0, 0.1) is 0 Å². The predicted molar refractivity (Wildman–Crippen MR) is 279 cm³/mol. The Hall–Kier alpha value is -2.89. The molecule has 376 valence electrons. The third-order valence-electron chi connectivity index (χ3n) is 12.0. The number of esters is 3. The van der Waals surface area contributed by atoms with E-state index in [1.165, 1.54) is 148 Å². The number of hydrogen-bond donors (Lipinski definition) is 0. The zero-order valence-electron chi connectivity index (χ0n) is 43.0. The molecule has 6 nitrogen and oxygen atoms in total. The van der Waals surface area contributed by atoms with Gasteiger partial charge in [-0.05, 0) is 77.0 Å². The minimum absolute atomic E-state index is 0.0820. The maximum absolute atomic E-state index is 12.8. The number of carbonyl (C=O) groups is 3. The molecular weight excluding hydrogens is 805 g/mol. The molecule has 0 aliphatic carbocycles. The molecule has 0 saturated heterocycles. The molecule has 0 spiro atoms. The normalized spacial score (nSPS) is 12.5. The third kappa shape index (κ3) is 51.9. The van der Waals surface area contributed by atoms with Gasteiger partial charge in [-0.2, -0.15) is 0 Å². The van der Waals surface area contributed by atoms with E-state index in [0.717, 1.165) is 89.9 Å². The van der Waals surface area contributed by atoms with Gasteiger partial charge in [0.15, 0.2) is 6.10 Å². The summed E-state index contributed by atoms with van der Waals surface area (Å²) in [5.41, 5.74) is 0. The van der Waals surface area contributed by atoms with Gasteiger partial charge in [-0.15, -0.1) is 0 Å². The second-order valence-corrected chi connectivity index (χ2v) is 18.5. The van der Waals surface area contributed by atoms with Crippen molar-refractivity contribution in [3.8, 4) is 0 Å². The van der Waals surface area contributed by atoms with Crippen LogP contribution in [0.5, 0.6) is 0 Å². The van der Waals surface area contributed by atoms with Crippen LogP contribution in [0.25, 0.3) is 0 Å². The Morgan fingerprint density at radius 2 is 0.646 bits per heavy atom. The van der Waals surface area contributed by atoms with Crippen LogP contribution < -0.4 is 0 Å². The van der Waals surface area contributed by atoms with Crippen molar-refractivity contribution >= 4 is 17.9 Å². The monoisotopic (exact) mass is 909 g/mol. The number of hydrogen-bond acceptors (Lipinski definition) is 6. The highest BCUT2D eigenvalue weighted by Gasteiger charge is 2.19. The largest absolute Gasteiger partial charge is 0.462 e. The molecule has 0 aliphatic rings. The van der Waals surface area contributed by atoms with Crippen LogP contribution in [0.2, 0.25) is 0 Å². The van der Waals surface area contributed by atoms with E-state index in [1.807, 2.05) is 0 Å². The van der Waals surface area contributed by atoms with Crippen molar-refractivity contribution in [3.05, 3.63) is 60.8 Å². The van der Waals surface area contributed by atoms with Crippen LogP contribution in [0.3, 0.4) is 0 Å². The fourth-order valence-electron chi connectivity index (χ4n) is 7.86. The quantitative estimate of drug-likeness (QED) is 0.0199. The summed E-state index contributed by atoms with van der Waals surface area (Å²) in [6.45, 7) is 6.50. The molecule has 65 heavy (non-hydrogen) atoms. The van der Waals surface area contributed by atoms with Crippen molar-refractivity contribution in [2.24, 2.45) is 0 Å². The lowest BCUT2D eigenvalue weighted by atomic mass is 10.0. The van der Waals surface area contributed by atoms with Crippen LogP contribution in [-0.2, 0) is 28.6 Å². The average molecular weight is 909 g/mol. The summed E-state index contributed by atoms with van der Waals surface area (Å²) in [7, 11) is 0. The van der Waals surface area contributed by atoms with Gasteiger partial charge in [-0.1, -0.05) is 242 Å². The first-order chi connectivity index (χ1) is 32.0. The number of unbranched alkanes of at least 4 members (excludes halogenated alkanes) is 30. The number of carbonyl (C=O) groups excluding carboxylic acids is 3. The van der Waals surface area contributed by atoms with Crippen molar-refractivity contribution in [3.63, 3.8) is 0 Å². The number of allylic oxidation sites excluding steroid dienone is 10. The summed E-state index contributed by atoms with van der Waals surface area (Å²) in [5, 5.41) is 0. The highest BCUT2D eigenvalue weighted by molar-refractivity contribution is 5.71. The van der Waals surface area contributed by atoms with Gasteiger partial charge in [-0.25, -0.2) is 0 Å². The van der Waals surface area contributed by atoms with E-state index in [0.29, 0.717) is 19.3 Å². The van der Waals surface area contributed by atoms with E-state index >= 15 is 0 Å². The Kier molecular flexibility index (Phi) is 51.3. The van der Waals surface area contributed by atoms with Crippen LogP contribution in [-0.4, -0.2) is 37.2 Å². The minimum atomic E-state index is -0.785. The molecule has 0 aromatic rings. The first kappa shape index (κ1) is 62.1. The summed E-state index contributed by atoms with van der Waals surface area (Å²) >= 11 is 0. The lowest BCUT2D eigenvalue weighted by Gasteiger charge is -2.18. The average Bonchev–Trinajstić information content (AvgIpc) is 3.30. The molecule has 0 aromatic heterocycles. The molecule has 1 atom stereocenters. The fourth-order valence-corrected chi connectivity index (χ4v) is 7.86. The lowest BCUT2D eigenvalue weighted by molar-refractivity contribution is -0.167. The van der Waals surface area contributed by atoms with E-state index in [2.05, 4.69) is 81.5 Å². The van der Waals surface area contributed by atoms with Gasteiger partial charge in [0.2, 0.25) is 0 Å². The molecule has 0 aromatic carbocycles. The highest BCUT2D eigenvalue weighted by Crippen LogP contribution is 2.16. The van der Waals surface area contributed by atoms with Gasteiger partial charge in [0, 0.05) is 19.3 Å². The molecule has 0 saturated carbocycles. The molecule has 0 bridgehead atoms. The summed E-state index contributed by atoms with van der Waals surface area (Å²) in [4.78, 5) is 38.1. The van der Waals surface area contributed by atoms with Gasteiger partial charge in [0.05, 0.1) is 0 Å². The first-order valence-corrected chi connectivity index (χ1v) is 27.8. The van der Waals surface area contributed by atoms with E-state index in [4.69, 9.17) is 14.2 Å². The van der Waals surface area contributed by atoms with Crippen molar-refractivity contribution in [1.29, 1.82) is 0 Å². The lowest BCUT2D eigenvalue weighted by Crippen LogP contribution is -2.30. The Morgan fingerprint density at radius 1 is 0.338 bits per heavy atom. The number of ether oxygens (including phenoxy) is 3. The Bertz CT molecular complexity index is 1180. The van der Waals surface area contributed by atoms with Gasteiger partial charge in [0.25, 0.3) is 0 Å². The summed E-state index contributed by atoms with van der Waals surface area (Å²) in [5.74, 6) is -0.898. The van der Waals surface area contributed by atoms with Gasteiger partial charge in [0.1, 0.15) is 13.2 Å². The van der Waals surface area contributed by atoms with Gasteiger partial charge in [-0.3, -0.25) is 14.4 Å². The third-order valence-corrected chi connectivity index (χ3v) is 12.0. The maximum atomic E-state index is 12.8. The molecule has 0 rings (SSSR count). The smallest absolute Gasteiger partial charge is 0.306 e. The standard InChI is InChI=1S/C59H104O6/c1-4-7-10-13-16-19-22-25-28-29-30-31-32-35-37-40-43-46-49-52-58(61)64-55-56(65-59(62)53-50-47-44-41-38-34-27-24-21-18-15-12-9-6-3)54-63-57(60)51-48-45-42-39-36-33-26-23-20-17-14-11-8-5-2/h9,12,16,18-19,21-22,25,27,34,56H,4-8,10-11,13-15,17,20,23-24,26,28-33,35-55H2,1-3H3/b12-9-,19-16-,21-18-,25-22-,34-27-. The second kappa shape index (κ2) is 53.7. The molecule has 0 amide bonds. The molecule has 1 unspecified atom stereocenters. The van der Waals surface area contributed by atoms with Crippen LogP contribution in [0.1, 0.15) is 278 Å². The maximum Gasteiger partial charge on any atom is 0.306 e. The molecule has 6 heteroatoms. The van der Waals surface area contributed by atoms with E-state index in [9.17, 15) is 14.4 Å². The van der Waals surface area contributed by atoms with Crippen LogP contribution in [0.4, 0.5) is 0 Å². The van der Waals surface area contributed by atoms with Gasteiger partial charge >= 0.3 is 17.9 Å². The summed E-state index contributed by atoms with van der Waals surface area (Å²) in [6, 6.07) is 0. The minimum Gasteiger partial charge on any atom is -0.462 e. The molecule has 0 fully saturated rings. The zero-order chi connectivity index (χ0) is 47.2. The first-order valence-electron chi connectivity index (χ1n) is 27.8. The fraction of sp³-hybridized carbons (Fsp3) is 0.780. The second-order valence-electron chi connectivity index (χ2n) is 18.5. The van der Waals surface area contributed by atoms with Crippen LogP contribution in [0.15, 0.2) is 60.8 Å². The molecule has 0 radical (unpaired) electrons. The van der Waals surface area contributed by atoms with Crippen molar-refractivity contribution in [2.75, 3.05) is 13.2 Å². The van der Waals surface area contributed by atoms with Crippen molar-refractivity contribution in [2.45, 2.75) is 284 Å². The molecule has 0 heterocycles.